The lowest BCUT2D eigenvalue weighted by Gasteiger charge is -2.42. The van der Waals surface area contributed by atoms with Crippen molar-refractivity contribution in [2.75, 3.05) is 6.73 Å². The summed E-state index contributed by atoms with van der Waals surface area (Å²) in [5, 5.41) is 0. The second-order valence-electron chi connectivity index (χ2n) is 7.56. The third kappa shape index (κ3) is 3.35. The maximum atomic E-state index is 13.2. The van der Waals surface area contributed by atoms with E-state index in [0.717, 1.165) is 31.2 Å². The molecule has 0 bridgehead atoms. The molecule has 1 aromatic rings. The predicted molar refractivity (Wildman–Crippen MR) is 97.5 cm³/mol. The topological polar surface area (TPSA) is 46.6 Å². The van der Waals surface area contributed by atoms with E-state index in [2.05, 4.69) is 0 Å². The molecule has 3 rings (SSSR count). The molecule has 1 aliphatic carbocycles. The van der Waals surface area contributed by atoms with Crippen LogP contribution in [0, 0.1) is 5.92 Å². The molecule has 1 fully saturated rings. The van der Waals surface area contributed by atoms with Gasteiger partial charge in [0.05, 0.1) is 11.1 Å². The Bertz CT molecular complexity index is 684. The Kier molecular flexibility index (Phi) is 4.98. The second-order valence-corrected chi connectivity index (χ2v) is 7.56. The van der Waals surface area contributed by atoms with Gasteiger partial charge in [0, 0.05) is 5.92 Å². The van der Waals surface area contributed by atoms with Gasteiger partial charge in [-0.1, -0.05) is 49.6 Å². The number of carbonyl (C=O) groups is 2. The average molecular weight is 341 g/mol. The summed E-state index contributed by atoms with van der Waals surface area (Å²) in [6.45, 7) is 5.66. The molecule has 1 heterocycles. The maximum absolute atomic E-state index is 13.2. The van der Waals surface area contributed by atoms with Crippen LogP contribution in [0.3, 0.4) is 0 Å². The molecule has 1 saturated carbocycles. The summed E-state index contributed by atoms with van der Waals surface area (Å²) in [6.07, 6.45) is 5.28. The molecule has 0 saturated heterocycles. The van der Waals surface area contributed by atoms with Crippen LogP contribution in [0.1, 0.15) is 58.4 Å². The number of ketones is 1. The van der Waals surface area contributed by atoms with Crippen LogP contribution in [0.5, 0.6) is 0 Å². The number of benzene rings is 1. The molecule has 1 amide bonds. The van der Waals surface area contributed by atoms with Gasteiger partial charge in [0.15, 0.2) is 12.5 Å². The van der Waals surface area contributed by atoms with E-state index in [1.54, 1.807) is 4.90 Å². The number of amides is 1. The first kappa shape index (κ1) is 17.7. The molecule has 4 heteroatoms. The molecule has 0 atom stereocenters. The fourth-order valence-corrected chi connectivity index (χ4v) is 3.92. The summed E-state index contributed by atoms with van der Waals surface area (Å²) in [7, 11) is 0. The van der Waals surface area contributed by atoms with Crippen molar-refractivity contribution in [2.45, 2.75) is 58.4 Å². The summed E-state index contributed by atoms with van der Waals surface area (Å²) in [5.74, 6) is 0.720. The third-order valence-electron chi connectivity index (χ3n) is 5.54. The van der Waals surface area contributed by atoms with Gasteiger partial charge in [-0.15, -0.1) is 0 Å². The van der Waals surface area contributed by atoms with Gasteiger partial charge in [0.25, 0.3) is 5.91 Å². The van der Waals surface area contributed by atoms with E-state index in [0.29, 0.717) is 11.3 Å². The Labute approximate surface area is 149 Å². The van der Waals surface area contributed by atoms with E-state index < -0.39 is 5.54 Å². The largest absolute Gasteiger partial charge is 0.477 e. The lowest BCUT2D eigenvalue weighted by Crippen LogP contribution is -2.57. The highest BCUT2D eigenvalue weighted by Gasteiger charge is 2.44. The minimum atomic E-state index is -0.861. The minimum absolute atomic E-state index is 0.0590. The number of carbonyl (C=O) groups excluding carboxylic acids is 2. The average Bonchev–Trinajstić information content (AvgIpc) is 2.62. The van der Waals surface area contributed by atoms with Crippen molar-refractivity contribution in [3.8, 4) is 0 Å². The van der Waals surface area contributed by atoms with Crippen LogP contribution in [0.4, 0.5) is 0 Å². The fraction of sp³-hybridized carbons (Fsp3) is 0.524. The lowest BCUT2D eigenvalue weighted by atomic mass is 9.78. The quantitative estimate of drug-likeness (QED) is 0.826. The van der Waals surface area contributed by atoms with E-state index in [-0.39, 0.29) is 24.3 Å². The molecule has 0 radical (unpaired) electrons. The van der Waals surface area contributed by atoms with Gasteiger partial charge in [-0.2, -0.15) is 0 Å². The second kappa shape index (κ2) is 7.03. The first-order valence-corrected chi connectivity index (χ1v) is 9.18. The third-order valence-corrected chi connectivity index (χ3v) is 5.54. The van der Waals surface area contributed by atoms with Crippen molar-refractivity contribution in [3.05, 3.63) is 41.7 Å². The Morgan fingerprint density at radius 3 is 2.40 bits per heavy atom. The van der Waals surface area contributed by atoms with Crippen molar-refractivity contribution < 1.29 is 14.3 Å². The first-order valence-electron chi connectivity index (χ1n) is 9.18. The SMILES string of the molecule is CC1=C(c2ccccc2)C(=O)N(C(C)(C)C(=O)C2CCCCC2)CO1. The Morgan fingerprint density at radius 1 is 1.12 bits per heavy atom. The zero-order chi connectivity index (χ0) is 18.0. The summed E-state index contributed by atoms with van der Waals surface area (Å²) in [6, 6.07) is 9.53. The Morgan fingerprint density at radius 2 is 1.76 bits per heavy atom. The van der Waals surface area contributed by atoms with E-state index >= 15 is 0 Å². The van der Waals surface area contributed by atoms with E-state index in [4.69, 9.17) is 4.74 Å². The van der Waals surface area contributed by atoms with Gasteiger partial charge >= 0.3 is 0 Å². The number of ether oxygens (including phenoxy) is 1. The molecule has 0 aromatic heterocycles. The molecule has 134 valence electrons. The highest BCUT2D eigenvalue weighted by atomic mass is 16.5. The normalized spacial score (nSPS) is 19.8. The highest BCUT2D eigenvalue weighted by Crippen LogP contribution is 2.34. The fourth-order valence-electron chi connectivity index (χ4n) is 3.92. The molecule has 2 aliphatic rings. The van der Waals surface area contributed by atoms with E-state index in [1.165, 1.54) is 6.42 Å². The smallest absolute Gasteiger partial charge is 0.261 e. The number of nitrogens with zero attached hydrogens (tertiary/aromatic N) is 1. The Hall–Kier alpha value is -2.10. The maximum Gasteiger partial charge on any atom is 0.261 e. The lowest BCUT2D eigenvalue weighted by molar-refractivity contribution is -0.151. The van der Waals surface area contributed by atoms with Crippen LogP contribution in [0.2, 0.25) is 0 Å². The standard InChI is InChI=1S/C21H27NO3/c1-15-18(16-10-6-4-7-11-16)20(24)22(14-25-15)21(2,3)19(23)17-12-8-5-9-13-17/h4,6-7,10-11,17H,5,8-9,12-14H2,1-3H3. The number of rotatable bonds is 4. The van der Waals surface area contributed by atoms with Gasteiger partial charge in [-0.3, -0.25) is 14.5 Å². The molecule has 0 spiro atoms. The van der Waals surface area contributed by atoms with Gasteiger partial charge in [-0.05, 0) is 39.2 Å². The van der Waals surface area contributed by atoms with Gasteiger partial charge in [0.1, 0.15) is 5.76 Å². The highest BCUT2D eigenvalue weighted by molar-refractivity contribution is 6.21. The van der Waals surface area contributed by atoms with Gasteiger partial charge in [-0.25, -0.2) is 0 Å². The summed E-state index contributed by atoms with van der Waals surface area (Å²) >= 11 is 0. The summed E-state index contributed by atoms with van der Waals surface area (Å²) < 4.78 is 5.78. The summed E-state index contributed by atoms with van der Waals surface area (Å²) in [4.78, 5) is 27.9. The zero-order valence-electron chi connectivity index (χ0n) is 15.4. The van der Waals surface area contributed by atoms with Crippen LogP contribution in [0.25, 0.3) is 5.57 Å². The zero-order valence-corrected chi connectivity index (χ0v) is 15.4. The number of hydrogen-bond donors (Lipinski definition) is 0. The minimum Gasteiger partial charge on any atom is -0.477 e. The van der Waals surface area contributed by atoms with Gasteiger partial charge < -0.3 is 4.74 Å². The van der Waals surface area contributed by atoms with Crippen LogP contribution in [-0.4, -0.2) is 28.9 Å². The molecular weight excluding hydrogens is 314 g/mol. The van der Waals surface area contributed by atoms with E-state index in [1.807, 2.05) is 51.1 Å². The van der Waals surface area contributed by atoms with Crippen molar-refractivity contribution in [2.24, 2.45) is 5.92 Å². The molecule has 0 N–H and O–H groups in total. The van der Waals surface area contributed by atoms with Gasteiger partial charge in [0.2, 0.25) is 0 Å². The van der Waals surface area contributed by atoms with Crippen LogP contribution >= 0.6 is 0 Å². The van der Waals surface area contributed by atoms with Crippen molar-refractivity contribution in [1.82, 2.24) is 4.90 Å². The van der Waals surface area contributed by atoms with Crippen molar-refractivity contribution in [1.29, 1.82) is 0 Å². The molecular formula is C21H27NO3. The Balaban J connectivity index is 1.87. The molecule has 25 heavy (non-hydrogen) atoms. The molecule has 1 aliphatic heterocycles. The van der Waals surface area contributed by atoms with Crippen LogP contribution in [-0.2, 0) is 14.3 Å². The van der Waals surface area contributed by atoms with Crippen molar-refractivity contribution in [3.63, 3.8) is 0 Å². The van der Waals surface area contributed by atoms with E-state index in [9.17, 15) is 9.59 Å². The number of hydrogen-bond acceptors (Lipinski definition) is 3. The molecule has 1 aromatic carbocycles. The van der Waals surface area contributed by atoms with Crippen LogP contribution in [0.15, 0.2) is 36.1 Å². The van der Waals surface area contributed by atoms with Crippen LogP contribution < -0.4 is 0 Å². The first-order chi connectivity index (χ1) is 11.9. The predicted octanol–water partition coefficient (Wildman–Crippen LogP) is 4.16. The molecule has 0 unspecified atom stereocenters. The van der Waals surface area contributed by atoms with Crippen molar-refractivity contribution >= 4 is 17.3 Å². The number of allylic oxidation sites excluding steroid dienone is 1. The molecule has 4 nitrogen and oxygen atoms in total. The summed E-state index contributed by atoms with van der Waals surface area (Å²) in [5.41, 5.74) is 0.520. The monoisotopic (exact) mass is 341 g/mol. The number of Topliss-reactive ketones (excluding diaryl/α,β-unsaturated/α-hetero) is 1.